The van der Waals surface area contributed by atoms with E-state index in [2.05, 4.69) is 16.3 Å². The van der Waals surface area contributed by atoms with Crippen LogP contribution in [0.1, 0.15) is 43.7 Å². The molecule has 5 nitrogen and oxygen atoms in total. The molecule has 148 valence electrons. The van der Waals surface area contributed by atoms with Crippen molar-refractivity contribution < 1.29 is 9.53 Å². The monoisotopic (exact) mass is 379 g/mol. The average molecular weight is 380 g/mol. The van der Waals surface area contributed by atoms with E-state index in [9.17, 15) is 10.1 Å². The van der Waals surface area contributed by atoms with Crippen molar-refractivity contribution in [2.45, 2.75) is 50.3 Å². The fourth-order valence-electron chi connectivity index (χ4n) is 6.48. The summed E-state index contributed by atoms with van der Waals surface area (Å²) < 4.78 is 5.83. The molecule has 1 saturated heterocycles. The van der Waals surface area contributed by atoms with Crippen LogP contribution >= 0.6 is 0 Å². The maximum Gasteiger partial charge on any atom is 0.250 e. The van der Waals surface area contributed by atoms with Gasteiger partial charge in [-0.15, -0.1) is 0 Å². The summed E-state index contributed by atoms with van der Waals surface area (Å²) in [5.41, 5.74) is 0.979. The highest BCUT2D eigenvalue weighted by Crippen LogP contribution is 2.53. The van der Waals surface area contributed by atoms with Gasteiger partial charge in [0.2, 0.25) is 0 Å². The first-order valence-corrected chi connectivity index (χ1v) is 10.8. The van der Waals surface area contributed by atoms with Crippen LogP contribution < -0.4 is 5.32 Å². The first-order valence-electron chi connectivity index (χ1n) is 10.8. The number of rotatable bonds is 4. The molecule has 2 atom stereocenters. The molecule has 1 aliphatic heterocycles. The summed E-state index contributed by atoms with van der Waals surface area (Å²) in [6.07, 6.45) is 6.11. The number of morpholine rings is 1. The van der Waals surface area contributed by atoms with E-state index in [0.29, 0.717) is 37.6 Å². The van der Waals surface area contributed by atoms with Gasteiger partial charge in [-0.3, -0.25) is 9.69 Å². The van der Waals surface area contributed by atoms with Crippen LogP contribution in [-0.2, 0) is 9.53 Å². The fraction of sp³-hybridized carbons (Fsp3) is 0.652. The number of ether oxygens (including phenoxy) is 1. The van der Waals surface area contributed by atoms with Crippen molar-refractivity contribution in [3.05, 3.63) is 35.9 Å². The lowest BCUT2D eigenvalue weighted by Gasteiger charge is -2.54. The van der Waals surface area contributed by atoms with Gasteiger partial charge in [-0.2, -0.15) is 5.26 Å². The summed E-state index contributed by atoms with van der Waals surface area (Å²) in [5, 5.41) is 13.1. The highest BCUT2D eigenvalue weighted by molar-refractivity contribution is 5.81. The van der Waals surface area contributed by atoms with Gasteiger partial charge in [0.15, 0.2) is 0 Å². The number of hydrogen-bond donors (Lipinski definition) is 1. The first kappa shape index (κ1) is 18.1. The first-order chi connectivity index (χ1) is 13.7. The van der Waals surface area contributed by atoms with E-state index in [0.717, 1.165) is 17.4 Å². The molecule has 6 rings (SSSR count). The van der Waals surface area contributed by atoms with Crippen molar-refractivity contribution >= 4 is 5.91 Å². The highest BCUT2D eigenvalue weighted by Gasteiger charge is 2.49. The fourth-order valence-corrected chi connectivity index (χ4v) is 6.48. The maximum atomic E-state index is 13.0. The van der Waals surface area contributed by atoms with Crippen molar-refractivity contribution in [3.8, 4) is 6.07 Å². The van der Waals surface area contributed by atoms with Crippen LogP contribution in [0.15, 0.2) is 30.3 Å². The second-order valence-corrected chi connectivity index (χ2v) is 9.26. The molecule has 5 fully saturated rings. The zero-order chi connectivity index (χ0) is 19.1. The molecule has 5 aliphatic rings. The van der Waals surface area contributed by atoms with Gasteiger partial charge in [0.25, 0.3) is 5.91 Å². The minimum Gasteiger partial charge on any atom is -0.366 e. The Kier molecular flexibility index (Phi) is 4.86. The Balaban J connectivity index is 1.24. The minimum absolute atomic E-state index is 0.0203. The molecule has 0 radical (unpaired) electrons. The van der Waals surface area contributed by atoms with Gasteiger partial charge in [-0.05, 0) is 61.3 Å². The Morgan fingerprint density at radius 3 is 2.43 bits per heavy atom. The lowest BCUT2D eigenvalue weighted by molar-refractivity contribution is -0.143. The van der Waals surface area contributed by atoms with Crippen LogP contribution in [0.2, 0.25) is 0 Å². The molecule has 2 unspecified atom stereocenters. The average Bonchev–Trinajstić information content (AvgIpc) is 2.72. The standard InChI is InChI=1S/C23H29N3O2/c24-13-20(17-4-2-1-3-5-17)26-6-7-28-21(14-26)23(27)25-22-18-9-15-8-16(11-18)12-19(22)10-15/h1-5,15-16,18-22H,6-12,14H2,(H,25,27). The lowest BCUT2D eigenvalue weighted by atomic mass is 9.54. The molecule has 1 heterocycles. The third-order valence-corrected chi connectivity index (χ3v) is 7.53. The molecular weight excluding hydrogens is 350 g/mol. The summed E-state index contributed by atoms with van der Waals surface area (Å²) >= 11 is 0. The minimum atomic E-state index is -0.481. The largest absolute Gasteiger partial charge is 0.366 e. The SMILES string of the molecule is N#CC(c1ccccc1)N1CCOC(C(=O)NC2C3CC4CC(C3)CC2C4)C1. The second-order valence-electron chi connectivity index (χ2n) is 9.26. The van der Waals surface area contributed by atoms with Crippen LogP contribution in [-0.4, -0.2) is 42.6 Å². The molecule has 1 amide bonds. The van der Waals surface area contributed by atoms with Crippen LogP contribution in [0.3, 0.4) is 0 Å². The number of hydrogen-bond acceptors (Lipinski definition) is 4. The molecule has 1 aromatic rings. The van der Waals surface area contributed by atoms with E-state index in [4.69, 9.17) is 4.74 Å². The maximum absolute atomic E-state index is 13.0. The molecule has 4 bridgehead atoms. The number of carbonyl (C=O) groups is 1. The predicted octanol–water partition coefficient (Wildman–Crippen LogP) is 2.89. The van der Waals surface area contributed by atoms with Gasteiger partial charge in [0.05, 0.1) is 12.7 Å². The summed E-state index contributed by atoms with van der Waals surface area (Å²) in [5.74, 6) is 3.15. The van der Waals surface area contributed by atoms with Gasteiger partial charge < -0.3 is 10.1 Å². The molecule has 0 spiro atoms. The Morgan fingerprint density at radius 1 is 1.11 bits per heavy atom. The Labute approximate surface area is 167 Å². The number of nitriles is 1. The van der Waals surface area contributed by atoms with E-state index >= 15 is 0 Å². The summed E-state index contributed by atoms with van der Waals surface area (Å²) in [4.78, 5) is 15.1. The molecule has 28 heavy (non-hydrogen) atoms. The van der Waals surface area contributed by atoms with Gasteiger partial charge >= 0.3 is 0 Å². The molecule has 4 saturated carbocycles. The summed E-state index contributed by atoms with van der Waals surface area (Å²) in [6, 6.07) is 12.2. The quantitative estimate of drug-likeness (QED) is 0.874. The van der Waals surface area contributed by atoms with Crippen LogP contribution in [0.4, 0.5) is 0 Å². The number of nitrogens with zero attached hydrogens (tertiary/aromatic N) is 2. The van der Waals surface area contributed by atoms with Crippen molar-refractivity contribution in [1.29, 1.82) is 5.26 Å². The molecule has 1 N–H and O–H groups in total. The third kappa shape index (κ3) is 3.33. The van der Waals surface area contributed by atoms with Gasteiger partial charge in [0, 0.05) is 19.1 Å². The van der Waals surface area contributed by atoms with E-state index in [1.807, 2.05) is 30.3 Å². The number of amides is 1. The van der Waals surface area contributed by atoms with Gasteiger partial charge in [0.1, 0.15) is 12.1 Å². The number of carbonyl (C=O) groups excluding carboxylic acids is 1. The second kappa shape index (κ2) is 7.50. The highest BCUT2D eigenvalue weighted by atomic mass is 16.5. The van der Waals surface area contributed by atoms with E-state index in [1.54, 1.807) is 0 Å². The van der Waals surface area contributed by atoms with Gasteiger partial charge in [-0.25, -0.2) is 0 Å². The zero-order valence-electron chi connectivity index (χ0n) is 16.3. The van der Waals surface area contributed by atoms with Crippen molar-refractivity contribution in [2.75, 3.05) is 19.7 Å². The number of nitrogens with one attached hydrogen (secondary N) is 1. The molecule has 0 aromatic heterocycles. The third-order valence-electron chi connectivity index (χ3n) is 7.53. The van der Waals surface area contributed by atoms with Crippen molar-refractivity contribution in [3.63, 3.8) is 0 Å². The van der Waals surface area contributed by atoms with Crippen molar-refractivity contribution in [2.24, 2.45) is 23.7 Å². The smallest absolute Gasteiger partial charge is 0.250 e. The van der Waals surface area contributed by atoms with E-state index < -0.39 is 6.10 Å². The summed E-state index contributed by atoms with van der Waals surface area (Å²) in [7, 11) is 0. The Hall–Kier alpha value is -1.90. The molecule has 5 heteroatoms. The molecule has 1 aromatic carbocycles. The van der Waals surface area contributed by atoms with Crippen LogP contribution in [0, 0.1) is 35.0 Å². The molecular formula is C23H29N3O2. The normalized spacial score (nSPS) is 38.0. The van der Waals surface area contributed by atoms with Crippen LogP contribution in [0.25, 0.3) is 0 Å². The van der Waals surface area contributed by atoms with Crippen LogP contribution in [0.5, 0.6) is 0 Å². The van der Waals surface area contributed by atoms with Crippen molar-refractivity contribution in [1.82, 2.24) is 10.2 Å². The Morgan fingerprint density at radius 2 is 1.79 bits per heavy atom. The molecule has 4 aliphatic carbocycles. The number of benzene rings is 1. The van der Waals surface area contributed by atoms with E-state index in [1.165, 1.54) is 32.1 Å². The van der Waals surface area contributed by atoms with E-state index in [-0.39, 0.29) is 11.9 Å². The lowest BCUT2D eigenvalue weighted by Crippen LogP contribution is -2.59. The van der Waals surface area contributed by atoms with Gasteiger partial charge in [-0.1, -0.05) is 30.3 Å². The zero-order valence-corrected chi connectivity index (χ0v) is 16.3. The summed E-state index contributed by atoms with van der Waals surface area (Å²) in [6.45, 7) is 1.64. The predicted molar refractivity (Wildman–Crippen MR) is 105 cm³/mol. The Bertz CT molecular complexity index is 731. The topological polar surface area (TPSA) is 65.4 Å².